The van der Waals surface area contributed by atoms with Gasteiger partial charge in [-0.1, -0.05) is 36.4 Å². The molecule has 8 nitrogen and oxygen atoms in total. The maximum Gasteiger partial charge on any atom is 0.249 e. The molecular weight excluding hydrogens is 416 g/mol. The summed E-state index contributed by atoms with van der Waals surface area (Å²) in [5, 5.41) is 7.59. The number of carbonyl (C=O) groups excluding carboxylic acids is 2. The fraction of sp³-hybridized carbons (Fsp3) is 0.200. The molecule has 2 aromatic carbocycles. The highest BCUT2D eigenvalue weighted by atomic mass is 16.2. The first-order valence-corrected chi connectivity index (χ1v) is 10.4. The molecule has 0 spiro atoms. The van der Waals surface area contributed by atoms with Gasteiger partial charge in [0.15, 0.2) is 0 Å². The van der Waals surface area contributed by atoms with Crippen molar-refractivity contribution in [2.24, 2.45) is 10.2 Å². The van der Waals surface area contributed by atoms with Crippen molar-refractivity contribution >= 4 is 47.8 Å². The number of carbonyl (C=O) groups is 2. The van der Waals surface area contributed by atoms with Gasteiger partial charge in [-0.2, -0.15) is 10.2 Å². The Labute approximate surface area is 195 Å². The van der Waals surface area contributed by atoms with Crippen molar-refractivity contribution in [1.82, 2.24) is 10.9 Å². The molecule has 0 fully saturated rings. The summed E-state index contributed by atoms with van der Waals surface area (Å²) in [6.07, 6.45) is 9.65. The summed E-state index contributed by atoms with van der Waals surface area (Å²) in [5.74, 6) is -1.06. The lowest BCUT2D eigenvalue weighted by atomic mass is 10.2. The van der Waals surface area contributed by atoms with Crippen LogP contribution in [0.2, 0.25) is 0 Å². The first-order chi connectivity index (χ1) is 15.8. The van der Waals surface area contributed by atoms with Gasteiger partial charge in [-0.15, -0.1) is 0 Å². The fourth-order valence-electron chi connectivity index (χ4n) is 2.60. The van der Waals surface area contributed by atoms with Gasteiger partial charge in [0.1, 0.15) is 6.42 Å². The van der Waals surface area contributed by atoms with Crippen LogP contribution in [0.4, 0.5) is 11.4 Å². The number of hydrazone groups is 2. The molecule has 0 aliphatic rings. The zero-order chi connectivity index (χ0) is 24.1. The molecule has 8 heteroatoms. The van der Waals surface area contributed by atoms with E-state index >= 15 is 0 Å². The van der Waals surface area contributed by atoms with Gasteiger partial charge in [-0.25, -0.2) is 10.9 Å². The average molecular weight is 447 g/mol. The third-order valence-corrected chi connectivity index (χ3v) is 4.42. The standard InChI is InChI=1S/C25H30N6O2/c1-30(2)22-13-9-20(10-14-22)7-5-17-26-28-24(32)19-25(33)29-27-18-6-8-21-11-15-23(16-12-21)31(3)4/h5-18H,19H2,1-4H3,(H,28,32)(H,29,33)/b7-5+,8-6+,26-17-,27-18-. The topological polar surface area (TPSA) is 89.4 Å². The van der Waals surface area contributed by atoms with Crippen LogP contribution < -0.4 is 20.7 Å². The number of hydrogen-bond donors (Lipinski definition) is 2. The first kappa shape index (κ1) is 25.1. The molecule has 2 N–H and O–H groups in total. The number of benzene rings is 2. The van der Waals surface area contributed by atoms with Crippen molar-refractivity contribution < 1.29 is 9.59 Å². The van der Waals surface area contributed by atoms with E-state index in [4.69, 9.17) is 0 Å². The Hall–Kier alpha value is -4.20. The summed E-state index contributed by atoms with van der Waals surface area (Å²) in [7, 11) is 7.93. The fourth-order valence-corrected chi connectivity index (χ4v) is 2.60. The van der Waals surface area contributed by atoms with E-state index < -0.39 is 11.8 Å². The normalized spacial score (nSPS) is 11.5. The zero-order valence-corrected chi connectivity index (χ0v) is 19.4. The number of anilines is 2. The highest BCUT2D eigenvalue weighted by Gasteiger charge is 2.06. The van der Waals surface area contributed by atoms with Crippen LogP contribution >= 0.6 is 0 Å². The van der Waals surface area contributed by atoms with E-state index in [-0.39, 0.29) is 6.42 Å². The molecule has 0 saturated heterocycles. The van der Waals surface area contributed by atoms with Crippen molar-refractivity contribution in [2.45, 2.75) is 6.42 Å². The number of hydrogen-bond acceptors (Lipinski definition) is 6. The lowest BCUT2D eigenvalue weighted by Gasteiger charge is -2.11. The summed E-state index contributed by atoms with van der Waals surface area (Å²) in [6.45, 7) is 0. The summed E-state index contributed by atoms with van der Waals surface area (Å²) >= 11 is 0. The number of allylic oxidation sites excluding steroid dienone is 2. The van der Waals surface area contributed by atoms with Crippen LogP contribution in [-0.2, 0) is 9.59 Å². The predicted molar refractivity (Wildman–Crippen MR) is 137 cm³/mol. The Morgan fingerprint density at radius 3 is 1.39 bits per heavy atom. The van der Waals surface area contributed by atoms with Gasteiger partial charge in [0.25, 0.3) is 0 Å². The van der Waals surface area contributed by atoms with E-state index in [1.165, 1.54) is 12.4 Å². The van der Waals surface area contributed by atoms with Crippen molar-refractivity contribution in [3.63, 3.8) is 0 Å². The van der Waals surface area contributed by atoms with E-state index in [9.17, 15) is 9.59 Å². The van der Waals surface area contributed by atoms with Gasteiger partial charge in [-0.05, 0) is 47.5 Å². The van der Waals surface area contributed by atoms with E-state index in [1.54, 1.807) is 12.2 Å². The highest BCUT2D eigenvalue weighted by Crippen LogP contribution is 2.13. The largest absolute Gasteiger partial charge is 0.378 e. The van der Waals surface area contributed by atoms with Gasteiger partial charge in [0, 0.05) is 52.0 Å². The lowest BCUT2D eigenvalue weighted by Crippen LogP contribution is -2.26. The Kier molecular flexibility index (Phi) is 10.1. The van der Waals surface area contributed by atoms with Gasteiger partial charge in [-0.3, -0.25) is 9.59 Å². The minimum atomic E-state index is -0.529. The molecule has 0 atom stereocenters. The molecule has 0 aromatic heterocycles. The quantitative estimate of drug-likeness (QED) is 0.333. The van der Waals surface area contributed by atoms with Gasteiger partial charge in [0.2, 0.25) is 11.8 Å². The minimum Gasteiger partial charge on any atom is -0.378 e. The maximum absolute atomic E-state index is 11.8. The van der Waals surface area contributed by atoms with E-state index in [0.717, 1.165) is 22.5 Å². The number of nitrogens with one attached hydrogen (secondary N) is 2. The molecular formula is C25H30N6O2. The highest BCUT2D eigenvalue weighted by molar-refractivity contribution is 5.97. The van der Waals surface area contributed by atoms with Crippen LogP contribution in [0.3, 0.4) is 0 Å². The molecule has 172 valence electrons. The third-order valence-electron chi connectivity index (χ3n) is 4.42. The molecule has 33 heavy (non-hydrogen) atoms. The second-order valence-electron chi connectivity index (χ2n) is 7.49. The number of amides is 2. The van der Waals surface area contributed by atoms with Crippen LogP contribution in [0.1, 0.15) is 17.5 Å². The molecule has 0 heterocycles. The van der Waals surface area contributed by atoms with E-state index in [2.05, 4.69) is 21.1 Å². The maximum atomic E-state index is 11.8. The molecule has 2 rings (SSSR count). The number of rotatable bonds is 10. The Balaban J connectivity index is 1.67. The third kappa shape index (κ3) is 9.65. The van der Waals surface area contributed by atoms with Crippen molar-refractivity contribution in [2.75, 3.05) is 38.0 Å². The average Bonchev–Trinajstić information content (AvgIpc) is 2.79. The summed E-state index contributed by atoms with van der Waals surface area (Å²) in [5.41, 5.74) is 8.85. The van der Waals surface area contributed by atoms with Crippen LogP contribution in [0.15, 0.2) is 70.9 Å². The molecule has 0 bridgehead atoms. The minimum absolute atomic E-state index is 0.375. The lowest BCUT2D eigenvalue weighted by molar-refractivity contribution is -0.129. The van der Waals surface area contributed by atoms with E-state index in [1.807, 2.05) is 98.7 Å². The predicted octanol–water partition coefficient (Wildman–Crippen LogP) is 3.14. The molecule has 0 aliphatic heterocycles. The van der Waals surface area contributed by atoms with Gasteiger partial charge < -0.3 is 9.80 Å². The summed E-state index contributed by atoms with van der Waals surface area (Å²) in [6, 6.07) is 16.0. The summed E-state index contributed by atoms with van der Waals surface area (Å²) in [4.78, 5) is 27.6. The molecule has 2 amide bonds. The van der Waals surface area contributed by atoms with Crippen LogP contribution in [0.25, 0.3) is 12.2 Å². The molecule has 0 saturated carbocycles. The molecule has 0 aliphatic carbocycles. The van der Waals surface area contributed by atoms with Gasteiger partial charge in [0.05, 0.1) is 0 Å². The Morgan fingerprint density at radius 2 is 1.06 bits per heavy atom. The van der Waals surface area contributed by atoms with Crippen LogP contribution in [0.5, 0.6) is 0 Å². The van der Waals surface area contributed by atoms with Crippen molar-refractivity contribution in [3.8, 4) is 0 Å². The Bertz CT molecular complexity index is 936. The summed E-state index contributed by atoms with van der Waals surface area (Å²) < 4.78 is 0. The van der Waals surface area contributed by atoms with Crippen LogP contribution in [-0.4, -0.2) is 52.4 Å². The first-order valence-electron chi connectivity index (χ1n) is 10.4. The smallest absolute Gasteiger partial charge is 0.249 e. The molecule has 0 unspecified atom stereocenters. The van der Waals surface area contributed by atoms with E-state index in [0.29, 0.717) is 0 Å². The second kappa shape index (κ2) is 13.3. The molecule has 0 radical (unpaired) electrons. The monoisotopic (exact) mass is 446 g/mol. The van der Waals surface area contributed by atoms with Crippen LogP contribution in [0, 0.1) is 0 Å². The SMILES string of the molecule is CN(C)c1ccc(/C=C/C=N\NC(=O)CC(=O)N/N=C\C=C\c2ccc(N(C)C)cc2)cc1. The second-order valence-corrected chi connectivity index (χ2v) is 7.49. The molecule has 2 aromatic rings. The Morgan fingerprint density at radius 1 is 0.697 bits per heavy atom. The van der Waals surface area contributed by atoms with Crippen molar-refractivity contribution in [3.05, 3.63) is 71.8 Å². The van der Waals surface area contributed by atoms with Gasteiger partial charge >= 0.3 is 0 Å². The van der Waals surface area contributed by atoms with Crippen molar-refractivity contribution in [1.29, 1.82) is 0 Å². The zero-order valence-electron chi connectivity index (χ0n) is 19.4. The number of nitrogens with zero attached hydrogens (tertiary/aromatic N) is 4.